The van der Waals surface area contributed by atoms with E-state index in [1.165, 1.54) is 24.3 Å². The number of esters is 2. The number of amides is 2. The Morgan fingerprint density at radius 2 is 0.825 bits per heavy atom. The van der Waals surface area contributed by atoms with Gasteiger partial charge in [-0.25, -0.2) is 18.4 Å². The van der Waals surface area contributed by atoms with E-state index in [1.54, 1.807) is 0 Å². The molecule has 16 heteroatoms. The van der Waals surface area contributed by atoms with E-state index in [1.807, 2.05) is 73.1 Å². The van der Waals surface area contributed by atoms with Gasteiger partial charge in [-0.2, -0.15) is 0 Å². The van der Waals surface area contributed by atoms with Crippen LogP contribution in [0, 0.1) is 23.5 Å². The quantitative estimate of drug-likeness (QED) is 0.0564. The molecular weight excluding hydrogens is 1010 g/mol. The summed E-state index contributed by atoms with van der Waals surface area (Å²) >= 11 is 0. The molecule has 0 aliphatic carbocycles. The summed E-state index contributed by atoms with van der Waals surface area (Å²) in [6, 6.07) is 25.0. The Morgan fingerprint density at radius 3 is 1.19 bits per heavy atom. The average molecular weight is 1100 g/mol. The van der Waals surface area contributed by atoms with E-state index in [0.29, 0.717) is 35.7 Å². The summed E-state index contributed by atoms with van der Waals surface area (Å²) in [6.07, 6.45) is 13.3. The minimum absolute atomic E-state index is 0.0371. The average Bonchev–Trinajstić information content (AvgIpc) is 4.27. The molecule has 6 aromatic rings. The molecule has 14 nitrogen and oxygen atoms in total. The van der Waals surface area contributed by atoms with Gasteiger partial charge in [0.25, 0.3) is 0 Å². The van der Waals surface area contributed by atoms with E-state index in [4.69, 9.17) is 9.47 Å². The predicted molar refractivity (Wildman–Crippen MR) is 308 cm³/mol. The number of nitrogens with one attached hydrogen (secondary N) is 2. The molecule has 0 unspecified atom stereocenters. The van der Waals surface area contributed by atoms with Gasteiger partial charge < -0.3 is 48.8 Å². The van der Waals surface area contributed by atoms with Crippen molar-refractivity contribution in [3.8, 4) is 11.5 Å². The Bertz CT molecular complexity index is 2850. The van der Waals surface area contributed by atoms with Gasteiger partial charge >= 0.3 is 11.9 Å². The minimum Gasteiger partial charge on any atom is -0.416 e. The number of nitrogens with zero attached hydrogens (tertiary/aromatic N) is 6. The lowest BCUT2D eigenvalue weighted by atomic mass is 9.96. The summed E-state index contributed by atoms with van der Waals surface area (Å²) in [5, 5.41) is 7.67. The number of piperidine rings is 4. The number of benzene rings is 4. The lowest BCUT2D eigenvalue weighted by Crippen LogP contribution is -2.38. The molecule has 426 valence electrons. The number of ether oxygens (including phenoxy) is 2. The molecule has 0 spiro atoms. The number of carbonyl (C=O) groups excluding carboxylic acids is 4. The van der Waals surface area contributed by atoms with Crippen molar-refractivity contribution in [3.63, 3.8) is 0 Å². The molecule has 80 heavy (non-hydrogen) atoms. The number of hydrogen-bond donors (Lipinski definition) is 2. The number of rotatable bonds is 20. The van der Waals surface area contributed by atoms with Crippen LogP contribution >= 0.6 is 0 Å². The fourth-order valence-corrected chi connectivity index (χ4v) is 12.5. The van der Waals surface area contributed by atoms with Crippen molar-refractivity contribution in [3.05, 3.63) is 131 Å². The zero-order valence-electron chi connectivity index (χ0n) is 46.8. The van der Waals surface area contributed by atoms with Gasteiger partial charge in [-0.1, -0.05) is 50.2 Å². The van der Waals surface area contributed by atoms with E-state index in [9.17, 15) is 28.0 Å². The highest BCUT2D eigenvalue weighted by Crippen LogP contribution is 2.38. The van der Waals surface area contributed by atoms with Crippen LogP contribution in [0.15, 0.2) is 97.3 Å². The lowest BCUT2D eigenvalue weighted by molar-refractivity contribution is -0.156. The van der Waals surface area contributed by atoms with Gasteiger partial charge in [-0.3, -0.25) is 9.59 Å². The van der Waals surface area contributed by atoms with Crippen molar-refractivity contribution in [1.29, 1.82) is 0 Å². The summed E-state index contributed by atoms with van der Waals surface area (Å²) in [5.74, 6) is -1.48. The van der Waals surface area contributed by atoms with Crippen LogP contribution in [0.4, 0.5) is 8.78 Å². The maximum Gasteiger partial charge on any atom is 0.423 e. The monoisotopic (exact) mass is 1090 g/mol. The second-order valence-electron chi connectivity index (χ2n) is 22.9. The van der Waals surface area contributed by atoms with Gasteiger partial charge in [0.05, 0.1) is 23.9 Å². The van der Waals surface area contributed by atoms with Gasteiger partial charge in [0, 0.05) is 87.6 Å². The van der Waals surface area contributed by atoms with Crippen LogP contribution in [0.25, 0.3) is 21.8 Å². The molecule has 0 bridgehead atoms. The maximum atomic E-state index is 14.0. The SMILES string of the molecule is CCN1CCC(CNC(=O)Cc2ccc3c(OC(=O)C(=O)Oc4cn(C5CCN(CCc6ccc(F)cc6)CC5)c5cc(CC(=O)NCC6CCN(CC)CC6)ccc45)cn(C4CCN(CCc5ccc(F)cc5)CC4)c3c2)CC1. The van der Waals surface area contributed by atoms with Crippen molar-refractivity contribution < 1.29 is 37.4 Å². The molecule has 4 saturated heterocycles. The van der Waals surface area contributed by atoms with Crippen LogP contribution < -0.4 is 20.1 Å². The standard InChI is InChI=1S/C64H80F2N8O6/c1-3-69-27-19-47(20-28-69)41-67-61(75)39-49-9-15-55-57(37-49)73(53-23-33-71(34-24-53)31-17-45-5-11-51(65)12-6-45)43-59(55)79-63(77)64(78)80-60-44-74(54-25-35-72(36-26-54)32-18-46-7-13-52(66)14-8-46)58-38-50(10-16-56(58)60)40-62(76)68-42-48-21-29-70(4-2)30-22-48/h5-16,37-38,43-44,47-48,53-54H,3-4,17-36,39-42H2,1-2H3,(H,67,75)(H,68,76). The Balaban J connectivity index is 0.838. The number of fused-ring (bicyclic) bond motifs is 2. The highest BCUT2D eigenvalue weighted by Gasteiger charge is 2.30. The van der Waals surface area contributed by atoms with Crippen LogP contribution in [0.3, 0.4) is 0 Å². The molecule has 0 saturated carbocycles. The second kappa shape index (κ2) is 26.9. The molecule has 4 fully saturated rings. The number of halogens is 2. The molecule has 0 atom stereocenters. The summed E-state index contributed by atoms with van der Waals surface area (Å²) in [6.45, 7) is 17.0. The smallest absolute Gasteiger partial charge is 0.416 e. The Kier molecular flexibility index (Phi) is 19.1. The van der Waals surface area contributed by atoms with Crippen molar-refractivity contribution in [2.24, 2.45) is 11.8 Å². The fourth-order valence-electron chi connectivity index (χ4n) is 12.5. The molecular formula is C64H80F2N8O6. The topological polar surface area (TPSA) is 134 Å². The van der Waals surface area contributed by atoms with Crippen LogP contribution in [-0.2, 0) is 44.9 Å². The first kappa shape index (κ1) is 56.8. The number of carbonyl (C=O) groups is 4. The van der Waals surface area contributed by atoms with Crippen LogP contribution in [0.2, 0.25) is 0 Å². The molecule has 4 aliphatic heterocycles. The molecule has 0 radical (unpaired) electrons. The Morgan fingerprint density at radius 1 is 0.475 bits per heavy atom. The molecule has 4 aromatic carbocycles. The second-order valence-corrected chi connectivity index (χ2v) is 22.9. The van der Waals surface area contributed by atoms with Crippen molar-refractivity contribution in [2.75, 3.05) is 91.6 Å². The first-order valence-electron chi connectivity index (χ1n) is 29.6. The largest absolute Gasteiger partial charge is 0.423 e. The van der Waals surface area contributed by atoms with Crippen molar-refractivity contribution >= 4 is 45.6 Å². The van der Waals surface area contributed by atoms with E-state index in [-0.39, 0.29) is 59.9 Å². The zero-order valence-corrected chi connectivity index (χ0v) is 46.8. The third-order valence-corrected chi connectivity index (χ3v) is 17.7. The number of hydrogen-bond acceptors (Lipinski definition) is 10. The van der Waals surface area contributed by atoms with Gasteiger partial charge in [-0.15, -0.1) is 0 Å². The first-order chi connectivity index (χ1) is 38.9. The summed E-state index contributed by atoms with van der Waals surface area (Å²) in [7, 11) is 0. The first-order valence-corrected chi connectivity index (χ1v) is 29.6. The molecule has 2 N–H and O–H groups in total. The zero-order chi connectivity index (χ0) is 55.5. The minimum atomic E-state index is -1.16. The van der Waals surface area contributed by atoms with Crippen LogP contribution in [-0.4, -0.2) is 144 Å². The highest BCUT2D eigenvalue weighted by atomic mass is 19.1. The maximum absolute atomic E-state index is 14.0. The number of aromatic nitrogens is 2. The number of likely N-dealkylation sites (tertiary alicyclic amines) is 4. The third kappa shape index (κ3) is 14.7. The summed E-state index contributed by atoms with van der Waals surface area (Å²) in [5.41, 5.74) is 5.48. The lowest BCUT2D eigenvalue weighted by Gasteiger charge is -2.33. The molecule has 2 amide bonds. The van der Waals surface area contributed by atoms with E-state index in [0.717, 1.165) is 176 Å². The van der Waals surface area contributed by atoms with Crippen LogP contribution in [0.1, 0.15) is 99.6 Å². The Hall–Kier alpha value is -6.46. The third-order valence-electron chi connectivity index (χ3n) is 17.7. The normalized spacial score (nSPS) is 18.0. The van der Waals surface area contributed by atoms with E-state index < -0.39 is 11.9 Å². The van der Waals surface area contributed by atoms with E-state index >= 15 is 0 Å². The molecule has 10 rings (SSSR count). The van der Waals surface area contributed by atoms with Crippen molar-refractivity contribution in [2.45, 2.75) is 103 Å². The molecule has 4 aliphatic rings. The summed E-state index contributed by atoms with van der Waals surface area (Å²) in [4.78, 5) is 64.6. The van der Waals surface area contributed by atoms with Gasteiger partial charge in [0.15, 0.2) is 11.5 Å². The van der Waals surface area contributed by atoms with Gasteiger partial charge in [0.1, 0.15) is 11.6 Å². The molecule has 6 heterocycles. The molecule has 2 aromatic heterocycles. The van der Waals surface area contributed by atoms with Gasteiger partial charge in [-0.05, 0) is 186 Å². The van der Waals surface area contributed by atoms with Gasteiger partial charge in [0.2, 0.25) is 11.8 Å². The fraction of sp³-hybridized carbons (Fsp3) is 0.500. The van der Waals surface area contributed by atoms with Crippen LogP contribution in [0.5, 0.6) is 11.5 Å². The Labute approximate surface area is 469 Å². The van der Waals surface area contributed by atoms with Crippen molar-refractivity contribution in [1.82, 2.24) is 39.4 Å². The summed E-state index contributed by atoms with van der Waals surface area (Å²) < 4.78 is 43.5. The predicted octanol–water partition coefficient (Wildman–Crippen LogP) is 8.93. The van der Waals surface area contributed by atoms with E-state index in [2.05, 4.69) is 53.2 Å². The highest BCUT2D eigenvalue weighted by molar-refractivity contribution is 6.31.